The Hall–Kier alpha value is -4.14. The second-order valence-electron chi connectivity index (χ2n) is 15.7. The normalized spacial score (nSPS) is 13.5. The molecule has 5 aromatic heterocycles. The van der Waals surface area contributed by atoms with Crippen molar-refractivity contribution in [1.29, 1.82) is 21.0 Å². The number of imide groups is 1. The highest BCUT2D eigenvalue weighted by Gasteiger charge is 2.39. The van der Waals surface area contributed by atoms with E-state index in [1.165, 1.54) is 87.2 Å². The largest absolute Gasteiger partial charge is 0.274 e. The summed E-state index contributed by atoms with van der Waals surface area (Å²) in [5.74, 6) is -0.602. The monoisotopic (exact) mass is 891 g/mol. The van der Waals surface area contributed by atoms with Crippen LogP contribution >= 0.6 is 56.7 Å². The Morgan fingerprint density at radius 2 is 0.850 bits per heavy atom. The van der Waals surface area contributed by atoms with Gasteiger partial charge < -0.3 is 0 Å². The summed E-state index contributed by atoms with van der Waals surface area (Å²) in [7, 11) is 0. The Morgan fingerprint density at radius 1 is 0.483 bits per heavy atom. The molecule has 312 valence electrons. The molecule has 0 saturated heterocycles. The van der Waals surface area contributed by atoms with Gasteiger partial charge in [0.25, 0.3) is 11.8 Å². The Bertz CT molecular complexity index is 2650. The molecule has 1 aliphatic heterocycles. The molecule has 0 atom stereocenters. The van der Waals surface area contributed by atoms with E-state index in [0.29, 0.717) is 35.8 Å². The molecule has 0 spiro atoms. The van der Waals surface area contributed by atoms with Crippen LogP contribution in [0.5, 0.6) is 0 Å². The van der Waals surface area contributed by atoms with Crippen molar-refractivity contribution >= 4 is 99.8 Å². The number of nitriles is 4. The van der Waals surface area contributed by atoms with E-state index < -0.39 is 0 Å². The summed E-state index contributed by atoms with van der Waals surface area (Å²) in [5.41, 5.74) is 0.852. The molecule has 60 heavy (non-hydrogen) atoms. The predicted octanol–water partition coefficient (Wildman–Crippen LogP) is 13.0. The number of hydrogen-bond acceptors (Lipinski definition) is 11. The van der Waals surface area contributed by atoms with E-state index in [1.54, 1.807) is 22.7 Å². The molecule has 6 heterocycles. The van der Waals surface area contributed by atoms with Crippen LogP contribution in [0, 0.1) is 63.5 Å². The van der Waals surface area contributed by atoms with Crippen molar-refractivity contribution in [3.8, 4) is 24.3 Å². The fraction of sp³-hybridized carbons (Fsp3) is 0.500. The standard InChI is InChI=1S/C48H53N5O2S5/c1-4-7-10-13-14-15-16-17-18-21-24-53-47(54)37-38(48(53)55)44(46-42-36(40(59-46)32(29-51)30-52)26-34(57-42)23-20-12-9-6-3)60-43(37)45-41-35(39(58-45)31(27-49)28-50)25-33(56-41)22-19-11-8-5-2/h25-26H,4-24H2,1-3H3/b45-43-,46-44+. The zero-order valence-corrected chi connectivity index (χ0v) is 39.2. The summed E-state index contributed by atoms with van der Waals surface area (Å²) >= 11 is 7.43. The van der Waals surface area contributed by atoms with Gasteiger partial charge in [-0.15, -0.1) is 56.7 Å². The van der Waals surface area contributed by atoms with Crippen LogP contribution < -0.4 is 9.06 Å². The second-order valence-corrected chi connectivity index (χ2v) is 21.0. The van der Waals surface area contributed by atoms with Gasteiger partial charge in [-0.25, -0.2) is 0 Å². The number of aryl methyl sites for hydroxylation is 2. The molecule has 0 fully saturated rings. The molecule has 0 radical (unpaired) electrons. The highest BCUT2D eigenvalue weighted by atomic mass is 32.1. The van der Waals surface area contributed by atoms with Gasteiger partial charge in [0.2, 0.25) is 0 Å². The second kappa shape index (κ2) is 22.1. The minimum Gasteiger partial charge on any atom is -0.274 e. The molecule has 0 aromatic carbocycles. The smallest absolute Gasteiger partial charge is 0.263 e. The maximum Gasteiger partial charge on any atom is 0.263 e. The molecule has 0 saturated carbocycles. The number of fused-ring (bicyclic) bond motifs is 3. The average Bonchev–Trinajstić information content (AvgIpc) is 4.10. The van der Waals surface area contributed by atoms with Crippen molar-refractivity contribution < 1.29 is 9.59 Å². The minimum absolute atomic E-state index is 0.0377. The van der Waals surface area contributed by atoms with Crippen LogP contribution in [0.4, 0.5) is 0 Å². The van der Waals surface area contributed by atoms with Gasteiger partial charge in [-0.1, -0.05) is 117 Å². The molecule has 0 N–H and O–H groups in total. The number of rotatable bonds is 21. The van der Waals surface area contributed by atoms with Crippen LogP contribution in [0.25, 0.3) is 31.3 Å². The van der Waals surface area contributed by atoms with E-state index in [1.807, 2.05) is 0 Å². The number of nitrogens with zero attached hydrogens (tertiary/aromatic N) is 5. The minimum atomic E-state index is -0.301. The molecule has 0 aliphatic carbocycles. The molecule has 2 amide bonds. The lowest BCUT2D eigenvalue weighted by Gasteiger charge is -2.13. The maximum absolute atomic E-state index is 14.7. The van der Waals surface area contributed by atoms with E-state index in [2.05, 4.69) is 57.2 Å². The SMILES string of the molecule is CCCCCCCCCCCCN1C(=O)c2c(/c(=c3\sc(=C(C#N)C#N)c4cc(CCCCCC)sc34)s/c2=c2\sc(=C(C#N)C#N)c3cc(CCCCCC)sc23)C1=O. The number of carbonyl (C=O) groups excluding carboxylic acids is 2. The fourth-order valence-corrected chi connectivity index (χ4v) is 14.9. The highest BCUT2D eigenvalue weighted by molar-refractivity contribution is 7.24. The van der Waals surface area contributed by atoms with E-state index in [0.717, 1.165) is 119 Å². The van der Waals surface area contributed by atoms with Crippen molar-refractivity contribution in [2.24, 2.45) is 0 Å². The Morgan fingerprint density at radius 3 is 1.23 bits per heavy atom. The van der Waals surface area contributed by atoms with Crippen molar-refractivity contribution in [2.45, 2.75) is 149 Å². The summed E-state index contributed by atoms with van der Waals surface area (Å²) in [6.45, 7) is 6.95. The van der Waals surface area contributed by atoms with Crippen molar-refractivity contribution in [1.82, 2.24) is 4.90 Å². The van der Waals surface area contributed by atoms with Gasteiger partial charge in [-0.3, -0.25) is 14.5 Å². The first-order valence-electron chi connectivity index (χ1n) is 21.8. The maximum atomic E-state index is 14.7. The molecule has 12 heteroatoms. The van der Waals surface area contributed by atoms with E-state index >= 15 is 0 Å². The highest BCUT2D eigenvalue weighted by Crippen LogP contribution is 2.38. The van der Waals surface area contributed by atoms with Gasteiger partial charge in [-0.05, 0) is 44.2 Å². The molecule has 0 unspecified atom stereocenters. The molecule has 5 aromatic rings. The Balaban J connectivity index is 1.57. The third-order valence-corrected chi connectivity index (χ3v) is 18.0. The van der Waals surface area contributed by atoms with Crippen LogP contribution in [0.3, 0.4) is 0 Å². The molecule has 7 nitrogen and oxygen atoms in total. The predicted molar refractivity (Wildman–Crippen MR) is 250 cm³/mol. The first-order valence-corrected chi connectivity index (χ1v) is 25.9. The molecular formula is C48H53N5O2S5. The van der Waals surface area contributed by atoms with E-state index in [-0.39, 0.29) is 23.0 Å². The van der Waals surface area contributed by atoms with Crippen LogP contribution in [0.2, 0.25) is 0 Å². The van der Waals surface area contributed by atoms with Crippen LogP contribution in [0.15, 0.2) is 12.1 Å². The molecule has 6 rings (SSSR count). The first kappa shape index (κ1) is 45.4. The third kappa shape index (κ3) is 9.81. The van der Waals surface area contributed by atoms with Crippen molar-refractivity contribution in [3.63, 3.8) is 0 Å². The number of hydrogen-bond donors (Lipinski definition) is 0. The zero-order chi connectivity index (χ0) is 42.6. The average molecular weight is 892 g/mol. The van der Waals surface area contributed by atoms with Gasteiger partial charge in [0.1, 0.15) is 35.4 Å². The quantitative estimate of drug-likeness (QED) is 0.0532. The summed E-state index contributed by atoms with van der Waals surface area (Å²) in [4.78, 5) is 33.2. The third-order valence-electron chi connectivity index (χ3n) is 11.3. The van der Waals surface area contributed by atoms with E-state index in [4.69, 9.17) is 0 Å². The summed E-state index contributed by atoms with van der Waals surface area (Å²) in [6.07, 6.45) is 22.2. The van der Waals surface area contributed by atoms with Crippen LogP contribution in [-0.2, 0) is 12.8 Å². The first-order chi connectivity index (χ1) is 29.3. The van der Waals surface area contributed by atoms with Gasteiger partial charge in [0.05, 0.1) is 47.7 Å². The van der Waals surface area contributed by atoms with Gasteiger partial charge in [0, 0.05) is 27.1 Å². The fourth-order valence-electron chi connectivity index (χ4n) is 8.07. The molecule has 0 bridgehead atoms. The zero-order valence-electron chi connectivity index (χ0n) is 35.1. The molecular weight excluding hydrogens is 839 g/mol. The Labute approximate surface area is 373 Å². The van der Waals surface area contributed by atoms with E-state index in [9.17, 15) is 30.6 Å². The summed E-state index contributed by atoms with van der Waals surface area (Å²) in [6, 6.07) is 12.7. The van der Waals surface area contributed by atoms with Gasteiger partial charge in [-0.2, -0.15) is 21.0 Å². The summed E-state index contributed by atoms with van der Waals surface area (Å²) in [5, 5.41) is 41.9. The van der Waals surface area contributed by atoms with Crippen molar-refractivity contribution in [3.05, 3.63) is 60.2 Å². The van der Waals surface area contributed by atoms with Crippen LogP contribution in [-0.4, -0.2) is 23.3 Å². The number of amides is 2. The lowest BCUT2D eigenvalue weighted by Crippen LogP contribution is -2.31. The van der Waals surface area contributed by atoms with Gasteiger partial charge in [0.15, 0.2) is 0 Å². The van der Waals surface area contributed by atoms with Gasteiger partial charge >= 0.3 is 0 Å². The number of unbranched alkanes of at least 4 members (excludes halogenated alkanes) is 15. The number of thiophene rings is 5. The van der Waals surface area contributed by atoms with Crippen LogP contribution in [0.1, 0.15) is 167 Å². The lowest BCUT2D eigenvalue weighted by molar-refractivity contribution is 0.0650. The number of carbonyl (C=O) groups is 2. The Kier molecular flexibility index (Phi) is 16.7. The van der Waals surface area contributed by atoms with Crippen molar-refractivity contribution in [2.75, 3.05) is 6.54 Å². The summed E-state index contributed by atoms with van der Waals surface area (Å²) < 4.78 is 6.03. The molecule has 1 aliphatic rings. The lowest BCUT2D eigenvalue weighted by atomic mass is 10.1. The topological polar surface area (TPSA) is 133 Å².